The molecule has 3 nitrogen and oxygen atoms in total. The lowest BCUT2D eigenvalue weighted by atomic mass is 10.3. The van der Waals surface area contributed by atoms with Crippen LogP contribution in [0.5, 0.6) is 0 Å². The second-order valence-electron chi connectivity index (χ2n) is 3.22. The van der Waals surface area contributed by atoms with Gasteiger partial charge in [-0.2, -0.15) is 5.10 Å². The molecule has 1 heterocycles. The zero-order chi connectivity index (χ0) is 11.0. The molecule has 0 aliphatic rings. The molecule has 78 valence electrons. The average molecular weight is 270 g/mol. The van der Waals surface area contributed by atoms with Crippen LogP contribution in [-0.4, -0.2) is 9.78 Å². The molecule has 0 spiro atoms. The second-order valence-corrected chi connectivity index (χ2v) is 4.07. The number of benzene rings is 1. The topological polar surface area (TPSA) is 43.8 Å². The third-order valence-electron chi connectivity index (χ3n) is 2.04. The quantitative estimate of drug-likeness (QED) is 0.865. The van der Waals surface area contributed by atoms with E-state index in [9.17, 15) is 4.39 Å². The van der Waals surface area contributed by atoms with Crippen LogP contribution in [0.15, 0.2) is 28.7 Å². The zero-order valence-electron chi connectivity index (χ0n) is 8.04. The Balaban J connectivity index is 2.59. The number of aromatic nitrogens is 2. The van der Waals surface area contributed by atoms with Crippen LogP contribution in [0.2, 0.25) is 0 Å². The van der Waals surface area contributed by atoms with Gasteiger partial charge in [-0.15, -0.1) is 0 Å². The van der Waals surface area contributed by atoms with Crippen molar-refractivity contribution in [3.8, 4) is 5.69 Å². The maximum atomic E-state index is 12.9. The fourth-order valence-electron chi connectivity index (χ4n) is 1.40. The normalized spacial score (nSPS) is 10.6. The van der Waals surface area contributed by atoms with Crippen molar-refractivity contribution < 1.29 is 4.39 Å². The Bertz CT molecular complexity index is 507. The smallest absolute Gasteiger partial charge is 0.146 e. The highest BCUT2D eigenvalue weighted by Gasteiger charge is 2.08. The fraction of sp³-hybridized carbons (Fsp3) is 0.100. The first-order chi connectivity index (χ1) is 7.08. The van der Waals surface area contributed by atoms with Gasteiger partial charge in [0.2, 0.25) is 0 Å². The van der Waals surface area contributed by atoms with Gasteiger partial charge in [-0.1, -0.05) is 0 Å². The van der Waals surface area contributed by atoms with Crippen molar-refractivity contribution in [1.82, 2.24) is 9.78 Å². The summed E-state index contributed by atoms with van der Waals surface area (Å²) in [7, 11) is 0. The zero-order valence-corrected chi connectivity index (χ0v) is 9.62. The van der Waals surface area contributed by atoms with Gasteiger partial charge in [-0.3, -0.25) is 0 Å². The van der Waals surface area contributed by atoms with E-state index in [1.54, 1.807) is 16.8 Å². The summed E-state index contributed by atoms with van der Waals surface area (Å²) in [5, 5.41) is 4.11. The second kappa shape index (κ2) is 3.66. The van der Waals surface area contributed by atoms with Crippen LogP contribution in [-0.2, 0) is 0 Å². The SMILES string of the molecule is Cc1cc(N)nn1-c1ccc(F)cc1Br. The van der Waals surface area contributed by atoms with Crippen molar-refractivity contribution >= 4 is 21.7 Å². The van der Waals surface area contributed by atoms with Crippen LogP contribution in [0.25, 0.3) is 5.69 Å². The Kier molecular flexibility index (Phi) is 2.48. The van der Waals surface area contributed by atoms with Gasteiger partial charge in [0, 0.05) is 16.2 Å². The molecule has 2 N–H and O–H groups in total. The van der Waals surface area contributed by atoms with Crippen molar-refractivity contribution in [2.45, 2.75) is 6.92 Å². The summed E-state index contributed by atoms with van der Waals surface area (Å²) in [6, 6.07) is 6.19. The molecule has 0 saturated carbocycles. The molecule has 0 radical (unpaired) electrons. The van der Waals surface area contributed by atoms with Crippen molar-refractivity contribution in [1.29, 1.82) is 0 Å². The molecule has 0 fully saturated rings. The molecule has 0 saturated heterocycles. The third-order valence-corrected chi connectivity index (χ3v) is 2.68. The molecule has 1 aromatic heterocycles. The fourth-order valence-corrected chi connectivity index (χ4v) is 1.91. The number of hydrogen-bond donors (Lipinski definition) is 1. The Hall–Kier alpha value is -1.36. The highest BCUT2D eigenvalue weighted by Crippen LogP contribution is 2.23. The third kappa shape index (κ3) is 1.87. The molecule has 1 aromatic carbocycles. The molecule has 0 atom stereocenters. The van der Waals surface area contributed by atoms with Crippen molar-refractivity contribution in [2.24, 2.45) is 0 Å². The first kappa shape index (κ1) is 10.2. The number of hydrogen-bond acceptors (Lipinski definition) is 2. The number of aryl methyl sites for hydroxylation is 1. The summed E-state index contributed by atoms with van der Waals surface area (Å²) in [6.07, 6.45) is 0. The van der Waals surface area contributed by atoms with E-state index >= 15 is 0 Å². The minimum atomic E-state index is -0.289. The molecule has 0 bridgehead atoms. The standard InChI is InChI=1S/C10H9BrFN3/c1-6-4-10(13)14-15(6)9-3-2-7(12)5-8(9)11/h2-5H,1H3,(H2,13,14). The summed E-state index contributed by atoms with van der Waals surface area (Å²) < 4.78 is 15.2. The van der Waals surface area contributed by atoms with E-state index in [0.29, 0.717) is 10.3 Å². The number of nitrogen functional groups attached to an aromatic ring is 1. The van der Waals surface area contributed by atoms with E-state index in [4.69, 9.17) is 5.73 Å². The molecule has 5 heteroatoms. The van der Waals surface area contributed by atoms with Crippen LogP contribution >= 0.6 is 15.9 Å². The summed E-state index contributed by atoms with van der Waals surface area (Å²) in [6.45, 7) is 1.89. The Morgan fingerprint density at radius 2 is 2.13 bits per heavy atom. The van der Waals surface area contributed by atoms with Crippen LogP contribution in [0, 0.1) is 12.7 Å². The molecule has 15 heavy (non-hydrogen) atoms. The molecule has 0 amide bonds. The lowest BCUT2D eigenvalue weighted by Gasteiger charge is -2.06. The van der Waals surface area contributed by atoms with Crippen molar-refractivity contribution in [2.75, 3.05) is 5.73 Å². The Morgan fingerprint density at radius 3 is 2.67 bits per heavy atom. The molecule has 0 aliphatic carbocycles. The summed E-state index contributed by atoms with van der Waals surface area (Å²) in [5.41, 5.74) is 7.25. The van der Waals surface area contributed by atoms with E-state index in [1.165, 1.54) is 12.1 Å². The Morgan fingerprint density at radius 1 is 1.40 bits per heavy atom. The molecule has 0 aliphatic heterocycles. The van der Waals surface area contributed by atoms with Crippen molar-refractivity contribution in [3.63, 3.8) is 0 Å². The maximum Gasteiger partial charge on any atom is 0.146 e. The molecule has 0 unspecified atom stereocenters. The molecular weight excluding hydrogens is 261 g/mol. The monoisotopic (exact) mass is 269 g/mol. The summed E-state index contributed by atoms with van der Waals surface area (Å²) in [4.78, 5) is 0. The van der Waals surface area contributed by atoms with E-state index < -0.39 is 0 Å². The van der Waals surface area contributed by atoms with Gasteiger partial charge >= 0.3 is 0 Å². The van der Waals surface area contributed by atoms with Crippen LogP contribution < -0.4 is 5.73 Å². The van der Waals surface area contributed by atoms with Crippen LogP contribution in [0.1, 0.15) is 5.69 Å². The van der Waals surface area contributed by atoms with Gasteiger partial charge in [-0.05, 0) is 41.1 Å². The minimum absolute atomic E-state index is 0.289. The van der Waals surface area contributed by atoms with E-state index in [1.807, 2.05) is 6.92 Å². The maximum absolute atomic E-state index is 12.9. The van der Waals surface area contributed by atoms with Gasteiger partial charge in [0.25, 0.3) is 0 Å². The lowest BCUT2D eigenvalue weighted by Crippen LogP contribution is -2.00. The predicted octanol–water partition coefficient (Wildman–Crippen LogP) is 2.66. The molecular formula is C10H9BrFN3. The van der Waals surface area contributed by atoms with Crippen LogP contribution in [0.3, 0.4) is 0 Å². The van der Waals surface area contributed by atoms with Gasteiger partial charge in [0.05, 0.1) is 5.69 Å². The first-order valence-electron chi connectivity index (χ1n) is 4.35. The van der Waals surface area contributed by atoms with E-state index in [-0.39, 0.29) is 5.82 Å². The van der Waals surface area contributed by atoms with E-state index in [0.717, 1.165) is 11.4 Å². The van der Waals surface area contributed by atoms with E-state index in [2.05, 4.69) is 21.0 Å². The largest absolute Gasteiger partial charge is 0.382 e. The molecule has 2 aromatic rings. The first-order valence-corrected chi connectivity index (χ1v) is 5.15. The number of halogens is 2. The summed E-state index contributed by atoms with van der Waals surface area (Å²) in [5.74, 6) is 0.159. The number of anilines is 1. The summed E-state index contributed by atoms with van der Waals surface area (Å²) >= 11 is 3.29. The van der Waals surface area contributed by atoms with Gasteiger partial charge in [0.1, 0.15) is 11.6 Å². The highest BCUT2D eigenvalue weighted by molar-refractivity contribution is 9.10. The number of nitrogens with two attached hydrogens (primary N) is 1. The van der Waals surface area contributed by atoms with Gasteiger partial charge < -0.3 is 5.73 Å². The average Bonchev–Trinajstić information content (AvgIpc) is 2.45. The lowest BCUT2D eigenvalue weighted by molar-refractivity contribution is 0.626. The Labute approximate surface area is 94.8 Å². The van der Waals surface area contributed by atoms with Gasteiger partial charge in [-0.25, -0.2) is 9.07 Å². The minimum Gasteiger partial charge on any atom is -0.382 e. The van der Waals surface area contributed by atoms with Gasteiger partial charge in [0.15, 0.2) is 0 Å². The highest BCUT2D eigenvalue weighted by atomic mass is 79.9. The number of rotatable bonds is 1. The van der Waals surface area contributed by atoms with Crippen LogP contribution in [0.4, 0.5) is 10.2 Å². The van der Waals surface area contributed by atoms with Crippen molar-refractivity contribution in [3.05, 3.63) is 40.2 Å². The predicted molar refractivity (Wildman–Crippen MR) is 60.4 cm³/mol. The number of nitrogens with zero attached hydrogens (tertiary/aromatic N) is 2. The molecule has 2 rings (SSSR count).